The van der Waals surface area contributed by atoms with Crippen LogP contribution in [0.3, 0.4) is 0 Å². The zero-order chi connectivity index (χ0) is 10.1. The van der Waals surface area contributed by atoms with Crippen LogP contribution < -0.4 is 0 Å². The Bertz CT molecular complexity index is 176. The van der Waals surface area contributed by atoms with E-state index in [4.69, 9.17) is 4.74 Å². The van der Waals surface area contributed by atoms with E-state index in [2.05, 4.69) is 11.8 Å². The molecule has 13 heavy (non-hydrogen) atoms. The third kappa shape index (κ3) is 3.25. The number of ether oxygens (including phenoxy) is 1. The summed E-state index contributed by atoms with van der Waals surface area (Å²) in [5.41, 5.74) is -0.607. The molecule has 0 amide bonds. The molecule has 3 nitrogen and oxygen atoms in total. The van der Waals surface area contributed by atoms with Gasteiger partial charge in [-0.05, 0) is 27.2 Å². The van der Waals surface area contributed by atoms with E-state index in [0.717, 1.165) is 26.1 Å². The van der Waals surface area contributed by atoms with Crippen LogP contribution in [0.15, 0.2) is 0 Å². The van der Waals surface area contributed by atoms with Gasteiger partial charge in [0.2, 0.25) is 0 Å². The Hall–Kier alpha value is -0.120. The molecule has 1 rings (SSSR count). The highest BCUT2D eigenvalue weighted by Gasteiger charge is 2.35. The van der Waals surface area contributed by atoms with E-state index in [1.54, 1.807) is 7.11 Å². The molecule has 1 heterocycles. The van der Waals surface area contributed by atoms with Crippen LogP contribution in [-0.2, 0) is 4.74 Å². The van der Waals surface area contributed by atoms with Crippen molar-refractivity contribution in [2.45, 2.75) is 38.4 Å². The molecule has 0 aromatic heterocycles. The first kappa shape index (κ1) is 11.0. The van der Waals surface area contributed by atoms with Gasteiger partial charge in [0.05, 0.1) is 11.2 Å². The molecule has 0 aromatic rings. The lowest BCUT2D eigenvalue weighted by atomic mass is 10.1. The zero-order valence-electron chi connectivity index (χ0n) is 9.13. The van der Waals surface area contributed by atoms with Gasteiger partial charge in [-0.3, -0.25) is 4.90 Å². The van der Waals surface area contributed by atoms with Gasteiger partial charge in [-0.2, -0.15) is 0 Å². The molecular weight excluding hydrogens is 166 g/mol. The van der Waals surface area contributed by atoms with Gasteiger partial charge in [-0.25, -0.2) is 0 Å². The first-order valence-electron chi connectivity index (χ1n) is 4.85. The fraction of sp³-hybridized carbons (Fsp3) is 1.00. The van der Waals surface area contributed by atoms with Gasteiger partial charge in [-0.15, -0.1) is 0 Å². The lowest BCUT2D eigenvalue weighted by Gasteiger charge is -2.27. The normalized spacial score (nSPS) is 31.2. The Morgan fingerprint density at radius 3 is 2.54 bits per heavy atom. The molecule has 1 aliphatic rings. The molecule has 0 bridgehead atoms. The van der Waals surface area contributed by atoms with Crippen molar-refractivity contribution in [1.29, 1.82) is 0 Å². The van der Waals surface area contributed by atoms with E-state index in [1.807, 2.05) is 13.8 Å². The number of likely N-dealkylation sites (tertiary alicyclic amines) is 1. The largest absolute Gasteiger partial charge is 0.389 e. The lowest BCUT2D eigenvalue weighted by Crippen LogP contribution is -2.40. The quantitative estimate of drug-likeness (QED) is 0.711. The van der Waals surface area contributed by atoms with Crippen LogP contribution in [0.4, 0.5) is 0 Å². The SMILES string of the molecule is COC1(C)CCN(CC(C)(C)O)C1. The minimum absolute atomic E-state index is 0.00868. The van der Waals surface area contributed by atoms with Gasteiger partial charge in [0.25, 0.3) is 0 Å². The Labute approximate surface area is 80.7 Å². The van der Waals surface area contributed by atoms with Gasteiger partial charge in [0.15, 0.2) is 0 Å². The van der Waals surface area contributed by atoms with Crippen molar-refractivity contribution in [2.75, 3.05) is 26.7 Å². The van der Waals surface area contributed by atoms with Crippen LogP contribution >= 0.6 is 0 Å². The van der Waals surface area contributed by atoms with Crippen molar-refractivity contribution in [3.8, 4) is 0 Å². The predicted molar refractivity (Wildman–Crippen MR) is 52.8 cm³/mol. The number of aliphatic hydroxyl groups is 1. The van der Waals surface area contributed by atoms with E-state index in [1.165, 1.54) is 0 Å². The third-order valence-corrected chi connectivity index (χ3v) is 2.62. The highest BCUT2D eigenvalue weighted by atomic mass is 16.5. The maximum Gasteiger partial charge on any atom is 0.0789 e. The Morgan fingerprint density at radius 1 is 1.54 bits per heavy atom. The van der Waals surface area contributed by atoms with Crippen molar-refractivity contribution in [2.24, 2.45) is 0 Å². The number of β-amino-alcohol motifs (C(OH)–C–C–N with tert-alkyl or cyclic N) is 1. The van der Waals surface area contributed by atoms with Crippen LogP contribution in [0.5, 0.6) is 0 Å². The molecule has 1 fully saturated rings. The van der Waals surface area contributed by atoms with Crippen LogP contribution in [0.25, 0.3) is 0 Å². The maximum atomic E-state index is 9.64. The second kappa shape index (κ2) is 3.56. The molecule has 78 valence electrons. The minimum atomic E-state index is -0.598. The molecule has 0 spiro atoms. The second-order valence-electron chi connectivity index (χ2n) is 4.93. The molecule has 1 atom stereocenters. The van der Waals surface area contributed by atoms with E-state index in [-0.39, 0.29) is 5.60 Å². The van der Waals surface area contributed by atoms with Gasteiger partial charge in [0, 0.05) is 26.7 Å². The number of methoxy groups -OCH3 is 1. The summed E-state index contributed by atoms with van der Waals surface area (Å²) in [6, 6.07) is 0. The van der Waals surface area contributed by atoms with Crippen LogP contribution in [0.1, 0.15) is 27.2 Å². The molecule has 0 saturated carbocycles. The number of hydrogen-bond donors (Lipinski definition) is 1. The van der Waals surface area contributed by atoms with Gasteiger partial charge < -0.3 is 9.84 Å². The summed E-state index contributed by atoms with van der Waals surface area (Å²) >= 11 is 0. The highest BCUT2D eigenvalue weighted by Crippen LogP contribution is 2.24. The molecule has 0 aromatic carbocycles. The fourth-order valence-electron chi connectivity index (χ4n) is 1.87. The highest BCUT2D eigenvalue weighted by molar-refractivity contribution is 4.89. The smallest absolute Gasteiger partial charge is 0.0789 e. The Kier molecular flexibility index (Phi) is 3.00. The molecular formula is C10H21NO2. The third-order valence-electron chi connectivity index (χ3n) is 2.62. The summed E-state index contributed by atoms with van der Waals surface area (Å²) in [5.74, 6) is 0. The van der Waals surface area contributed by atoms with Crippen LogP contribution in [-0.4, -0.2) is 48.0 Å². The second-order valence-corrected chi connectivity index (χ2v) is 4.93. The predicted octanol–water partition coefficient (Wildman–Crippen LogP) is 0.868. The monoisotopic (exact) mass is 187 g/mol. The summed E-state index contributed by atoms with van der Waals surface area (Å²) in [6.45, 7) is 8.48. The van der Waals surface area contributed by atoms with Crippen molar-refractivity contribution in [3.63, 3.8) is 0 Å². The first-order valence-corrected chi connectivity index (χ1v) is 4.85. The summed E-state index contributed by atoms with van der Waals surface area (Å²) in [5, 5.41) is 9.64. The Morgan fingerprint density at radius 2 is 2.15 bits per heavy atom. The standard InChI is InChI=1S/C10H21NO2/c1-9(2,12)7-11-6-5-10(3,8-11)13-4/h12H,5-8H2,1-4H3. The molecule has 0 radical (unpaired) electrons. The minimum Gasteiger partial charge on any atom is -0.389 e. The molecule has 1 N–H and O–H groups in total. The van der Waals surface area contributed by atoms with E-state index in [9.17, 15) is 5.11 Å². The Balaban J connectivity index is 2.42. The number of rotatable bonds is 3. The van der Waals surface area contributed by atoms with E-state index >= 15 is 0 Å². The molecule has 0 aliphatic carbocycles. The lowest BCUT2D eigenvalue weighted by molar-refractivity contribution is 0.000883. The summed E-state index contributed by atoms with van der Waals surface area (Å²) in [7, 11) is 1.76. The summed E-state index contributed by atoms with van der Waals surface area (Å²) in [6.07, 6.45) is 1.06. The van der Waals surface area contributed by atoms with Crippen LogP contribution in [0, 0.1) is 0 Å². The molecule has 1 unspecified atom stereocenters. The summed E-state index contributed by atoms with van der Waals surface area (Å²) < 4.78 is 5.42. The molecule has 1 saturated heterocycles. The van der Waals surface area contributed by atoms with Crippen LogP contribution in [0.2, 0.25) is 0 Å². The number of hydrogen-bond acceptors (Lipinski definition) is 3. The van der Waals surface area contributed by atoms with Crippen molar-refractivity contribution >= 4 is 0 Å². The average molecular weight is 187 g/mol. The van der Waals surface area contributed by atoms with Gasteiger partial charge in [-0.1, -0.05) is 0 Å². The molecule has 1 aliphatic heterocycles. The maximum absolute atomic E-state index is 9.64. The fourth-order valence-corrected chi connectivity index (χ4v) is 1.87. The van der Waals surface area contributed by atoms with E-state index < -0.39 is 5.60 Å². The van der Waals surface area contributed by atoms with E-state index in [0.29, 0.717) is 0 Å². The van der Waals surface area contributed by atoms with Gasteiger partial charge >= 0.3 is 0 Å². The van der Waals surface area contributed by atoms with Crippen molar-refractivity contribution in [1.82, 2.24) is 4.90 Å². The molecule has 3 heteroatoms. The van der Waals surface area contributed by atoms with Crippen molar-refractivity contribution < 1.29 is 9.84 Å². The van der Waals surface area contributed by atoms with Crippen molar-refractivity contribution in [3.05, 3.63) is 0 Å². The topological polar surface area (TPSA) is 32.7 Å². The first-order chi connectivity index (χ1) is 5.85. The summed E-state index contributed by atoms with van der Waals surface area (Å²) in [4.78, 5) is 2.25. The van der Waals surface area contributed by atoms with Gasteiger partial charge in [0.1, 0.15) is 0 Å². The average Bonchev–Trinajstić information content (AvgIpc) is 2.30. The zero-order valence-corrected chi connectivity index (χ0v) is 9.13. The number of nitrogens with zero attached hydrogens (tertiary/aromatic N) is 1.